The number of carbonyl (C=O) groups excluding carboxylic acids is 2. The van der Waals surface area contributed by atoms with E-state index in [1.54, 1.807) is 12.1 Å². The Kier molecular flexibility index (Phi) is 5.93. The topological polar surface area (TPSA) is 61.4 Å². The number of hydrogen-bond donors (Lipinski definition) is 2. The molecule has 1 aromatic carbocycles. The zero-order chi connectivity index (χ0) is 18.5. The lowest BCUT2D eigenvalue weighted by Crippen LogP contribution is -2.30. The Morgan fingerprint density at radius 1 is 1.15 bits per heavy atom. The molecule has 1 saturated heterocycles. The molecule has 2 heterocycles. The summed E-state index contributed by atoms with van der Waals surface area (Å²) in [5, 5.41) is 7.76. The van der Waals surface area contributed by atoms with Crippen molar-refractivity contribution in [2.24, 2.45) is 5.92 Å². The predicted molar refractivity (Wildman–Crippen MR) is 107 cm³/mol. The molecule has 0 unspecified atom stereocenters. The summed E-state index contributed by atoms with van der Waals surface area (Å²) in [7, 11) is 0. The number of nitrogens with one attached hydrogen (secondary N) is 2. The second-order valence-electron chi connectivity index (χ2n) is 6.96. The largest absolute Gasteiger partial charge is 0.371 e. The molecular formula is C20H25N3O2S. The Morgan fingerprint density at radius 2 is 1.92 bits per heavy atom. The monoisotopic (exact) mass is 371 g/mol. The molecule has 6 heteroatoms. The summed E-state index contributed by atoms with van der Waals surface area (Å²) < 4.78 is 0. The molecule has 3 rings (SSSR count). The Labute approximate surface area is 158 Å². The van der Waals surface area contributed by atoms with Gasteiger partial charge in [0.1, 0.15) is 0 Å². The van der Waals surface area contributed by atoms with E-state index < -0.39 is 0 Å². The Morgan fingerprint density at radius 3 is 2.58 bits per heavy atom. The summed E-state index contributed by atoms with van der Waals surface area (Å²) in [5.74, 6) is 0.145. The number of rotatable bonds is 6. The molecule has 2 aromatic rings. The highest BCUT2D eigenvalue weighted by molar-refractivity contribution is 7.12. The van der Waals surface area contributed by atoms with Crippen LogP contribution in [0.3, 0.4) is 0 Å². The molecule has 26 heavy (non-hydrogen) atoms. The van der Waals surface area contributed by atoms with Crippen molar-refractivity contribution < 1.29 is 9.59 Å². The second kappa shape index (κ2) is 8.36. The maximum atomic E-state index is 12.7. The van der Waals surface area contributed by atoms with Gasteiger partial charge in [0.15, 0.2) is 0 Å². The summed E-state index contributed by atoms with van der Waals surface area (Å²) in [6.45, 7) is 6.69. The normalized spacial score (nSPS) is 13.9. The van der Waals surface area contributed by atoms with E-state index in [0.717, 1.165) is 31.6 Å². The molecule has 2 N–H and O–H groups in total. The summed E-state index contributed by atoms with van der Waals surface area (Å²) in [6, 6.07) is 9.24. The fourth-order valence-electron chi connectivity index (χ4n) is 3.02. The van der Waals surface area contributed by atoms with Crippen molar-refractivity contribution in [3.8, 4) is 0 Å². The smallest absolute Gasteiger partial charge is 0.265 e. The van der Waals surface area contributed by atoms with E-state index in [1.165, 1.54) is 11.3 Å². The van der Waals surface area contributed by atoms with Crippen LogP contribution in [0.25, 0.3) is 0 Å². The summed E-state index contributed by atoms with van der Waals surface area (Å²) >= 11 is 1.40. The number of nitrogens with zero attached hydrogens (tertiary/aromatic N) is 1. The number of carbonyl (C=O) groups is 2. The molecule has 1 aliphatic rings. The van der Waals surface area contributed by atoms with Gasteiger partial charge in [-0.1, -0.05) is 19.9 Å². The van der Waals surface area contributed by atoms with Gasteiger partial charge in [-0.15, -0.1) is 11.3 Å². The first-order valence-corrected chi connectivity index (χ1v) is 9.94. The molecule has 2 amide bonds. The molecule has 0 bridgehead atoms. The second-order valence-corrected chi connectivity index (χ2v) is 7.91. The minimum absolute atomic E-state index is 0.0900. The van der Waals surface area contributed by atoms with E-state index in [1.807, 2.05) is 23.6 Å². The fourth-order valence-corrected chi connectivity index (χ4v) is 3.64. The summed E-state index contributed by atoms with van der Waals surface area (Å²) in [5.41, 5.74) is 2.20. The van der Waals surface area contributed by atoms with Crippen molar-refractivity contribution >= 4 is 34.5 Å². The summed E-state index contributed by atoms with van der Waals surface area (Å²) in [4.78, 5) is 27.9. The van der Waals surface area contributed by atoms with Gasteiger partial charge in [-0.3, -0.25) is 9.59 Å². The van der Waals surface area contributed by atoms with Crippen molar-refractivity contribution in [1.29, 1.82) is 0 Å². The van der Waals surface area contributed by atoms with Crippen LogP contribution in [-0.4, -0.2) is 31.4 Å². The number of benzene rings is 1. The Balaban J connectivity index is 1.84. The average Bonchev–Trinajstić information content (AvgIpc) is 3.33. The molecule has 0 aliphatic carbocycles. The third-order valence-electron chi connectivity index (χ3n) is 4.36. The van der Waals surface area contributed by atoms with Crippen LogP contribution >= 0.6 is 11.3 Å². The highest BCUT2D eigenvalue weighted by Gasteiger charge is 2.20. The molecule has 0 radical (unpaired) electrons. The van der Waals surface area contributed by atoms with Crippen LogP contribution in [0, 0.1) is 5.92 Å². The van der Waals surface area contributed by atoms with Crippen molar-refractivity contribution in [3.63, 3.8) is 0 Å². The molecule has 0 atom stereocenters. The fraction of sp³-hybridized carbons (Fsp3) is 0.400. The Hall–Kier alpha value is -2.34. The quantitative estimate of drug-likeness (QED) is 0.807. The molecular weight excluding hydrogens is 346 g/mol. The van der Waals surface area contributed by atoms with E-state index >= 15 is 0 Å². The number of amides is 2. The predicted octanol–water partition coefficient (Wildman–Crippen LogP) is 3.99. The zero-order valence-electron chi connectivity index (χ0n) is 15.2. The average molecular weight is 372 g/mol. The van der Waals surface area contributed by atoms with Crippen molar-refractivity contribution in [2.75, 3.05) is 29.9 Å². The number of anilines is 2. The lowest BCUT2D eigenvalue weighted by Gasteiger charge is -2.22. The Bertz CT molecular complexity index is 765. The maximum absolute atomic E-state index is 12.7. The van der Waals surface area contributed by atoms with Crippen LogP contribution in [0.5, 0.6) is 0 Å². The highest BCUT2D eigenvalue weighted by atomic mass is 32.1. The standard InChI is InChI=1S/C20H25N3O2S/c1-14(2)13-21-19(24)16-12-15(22-20(25)18-6-5-11-26-18)7-8-17(16)23-9-3-4-10-23/h5-8,11-12,14H,3-4,9-10,13H2,1-2H3,(H,21,24)(H,22,25). The zero-order valence-corrected chi connectivity index (χ0v) is 16.1. The van der Waals surface area contributed by atoms with Gasteiger partial charge in [0.2, 0.25) is 0 Å². The first kappa shape index (κ1) is 18.5. The van der Waals surface area contributed by atoms with Crippen LogP contribution in [0.15, 0.2) is 35.7 Å². The first-order chi connectivity index (χ1) is 12.5. The minimum Gasteiger partial charge on any atom is -0.371 e. The third kappa shape index (κ3) is 4.43. The minimum atomic E-state index is -0.150. The highest BCUT2D eigenvalue weighted by Crippen LogP contribution is 2.28. The van der Waals surface area contributed by atoms with E-state index in [9.17, 15) is 9.59 Å². The molecule has 1 aliphatic heterocycles. The van der Waals surface area contributed by atoms with E-state index in [4.69, 9.17) is 0 Å². The van der Waals surface area contributed by atoms with E-state index in [0.29, 0.717) is 28.6 Å². The lowest BCUT2D eigenvalue weighted by atomic mass is 10.1. The van der Waals surface area contributed by atoms with Crippen LogP contribution in [-0.2, 0) is 0 Å². The van der Waals surface area contributed by atoms with Gasteiger partial charge in [0.25, 0.3) is 11.8 Å². The van der Waals surface area contributed by atoms with E-state index in [2.05, 4.69) is 29.4 Å². The van der Waals surface area contributed by atoms with Gasteiger partial charge >= 0.3 is 0 Å². The van der Waals surface area contributed by atoms with Crippen molar-refractivity contribution in [1.82, 2.24) is 5.32 Å². The van der Waals surface area contributed by atoms with Crippen LogP contribution in [0.4, 0.5) is 11.4 Å². The van der Waals surface area contributed by atoms with Gasteiger partial charge in [-0.25, -0.2) is 0 Å². The molecule has 5 nitrogen and oxygen atoms in total. The van der Waals surface area contributed by atoms with Gasteiger partial charge in [-0.2, -0.15) is 0 Å². The third-order valence-corrected chi connectivity index (χ3v) is 5.23. The molecule has 1 fully saturated rings. The van der Waals surface area contributed by atoms with Gasteiger partial charge < -0.3 is 15.5 Å². The summed E-state index contributed by atoms with van der Waals surface area (Å²) in [6.07, 6.45) is 2.29. The van der Waals surface area contributed by atoms with Gasteiger partial charge in [0.05, 0.1) is 10.4 Å². The van der Waals surface area contributed by atoms with Crippen LogP contribution in [0.2, 0.25) is 0 Å². The number of hydrogen-bond acceptors (Lipinski definition) is 4. The van der Waals surface area contributed by atoms with Gasteiger partial charge in [-0.05, 0) is 48.4 Å². The van der Waals surface area contributed by atoms with Crippen LogP contribution in [0.1, 0.15) is 46.7 Å². The van der Waals surface area contributed by atoms with Crippen LogP contribution < -0.4 is 15.5 Å². The van der Waals surface area contributed by atoms with E-state index in [-0.39, 0.29) is 11.8 Å². The molecule has 0 spiro atoms. The van der Waals surface area contributed by atoms with Crippen molar-refractivity contribution in [2.45, 2.75) is 26.7 Å². The van der Waals surface area contributed by atoms with Gasteiger partial charge in [0, 0.05) is 31.0 Å². The van der Waals surface area contributed by atoms with Crippen molar-refractivity contribution in [3.05, 3.63) is 46.2 Å². The molecule has 138 valence electrons. The SMILES string of the molecule is CC(C)CNC(=O)c1cc(NC(=O)c2cccs2)ccc1N1CCCC1. The molecule has 1 aromatic heterocycles. The molecule has 0 saturated carbocycles. The number of thiophene rings is 1. The lowest BCUT2D eigenvalue weighted by molar-refractivity contribution is 0.0948. The first-order valence-electron chi connectivity index (χ1n) is 9.06. The maximum Gasteiger partial charge on any atom is 0.265 e.